The number of aliphatic carboxylic acids is 1. The smallest absolute Gasteiger partial charge is 0.307 e. The van der Waals surface area contributed by atoms with E-state index in [0.717, 1.165) is 17.6 Å². The summed E-state index contributed by atoms with van der Waals surface area (Å²) in [5, 5.41) is 8.71. The van der Waals surface area contributed by atoms with Crippen molar-refractivity contribution in [1.29, 1.82) is 0 Å². The molecule has 2 heteroatoms. The summed E-state index contributed by atoms with van der Waals surface area (Å²) < 4.78 is 0. The lowest BCUT2D eigenvalue weighted by Crippen LogP contribution is -2.18. The summed E-state index contributed by atoms with van der Waals surface area (Å²) in [5.74, 6) is -0.791. The second-order valence-electron chi connectivity index (χ2n) is 6.74. The van der Waals surface area contributed by atoms with Crippen LogP contribution in [0.3, 0.4) is 0 Å². The maximum atomic E-state index is 10.6. The fraction of sp³-hybridized carbons (Fsp3) is 0.450. The van der Waals surface area contributed by atoms with Gasteiger partial charge >= 0.3 is 5.97 Å². The fourth-order valence-electron chi connectivity index (χ4n) is 2.72. The molecule has 0 saturated heterocycles. The van der Waals surface area contributed by atoms with Crippen molar-refractivity contribution >= 4 is 5.97 Å². The number of carbonyl (C=O) groups is 1. The zero-order valence-corrected chi connectivity index (χ0v) is 14.4. The Morgan fingerprint density at radius 3 is 2.59 bits per heavy atom. The van der Waals surface area contributed by atoms with Crippen LogP contribution in [-0.4, -0.2) is 11.1 Å². The summed E-state index contributed by atoms with van der Waals surface area (Å²) in [7, 11) is 0. The van der Waals surface area contributed by atoms with Crippen LogP contribution in [0.2, 0.25) is 0 Å². The zero-order valence-electron chi connectivity index (χ0n) is 14.4. The number of rotatable bonds is 5. The van der Waals surface area contributed by atoms with E-state index in [4.69, 9.17) is 5.11 Å². The first-order valence-electron chi connectivity index (χ1n) is 7.84. The van der Waals surface area contributed by atoms with Crippen molar-refractivity contribution in [1.82, 2.24) is 0 Å². The number of allylic oxidation sites excluding steroid dienone is 9. The topological polar surface area (TPSA) is 37.3 Å². The molecule has 0 spiro atoms. The second kappa shape index (κ2) is 7.98. The summed E-state index contributed by atoms with van der Waals surface area (Å²) >= 11 is 0. The first-order chi connectivity index (χ1) is 10.2. The van der Waals surface area contributed by atoms with Crippen LogP contribution in [0.15, 0.2) is 58.7 Å². The quantitative estimate of drug-likeness (QED) is 0.671. The minimum Gasteiger partial charge on any atom is -0.481 e. The van der Waals surface area contributed by atoms with Gasteiger partial charge in [-0.3, -0.25) is 4.79 Å². The lowest BCUT2D eigenvalue weighted by Gasteiger charge is -2.32. The number of carboxylic acid groups (broad SMARTS) is 1. The average molecular weight is 300 g/mol. The van der Waals surface area contributed by atoms with Crippen LogP contribution in [0.5, 0.6) is 0 Å². The Morgan fingerprint density at radius 2 is 2.00 bits per heavy atom. The maximum absolute atomic E-state index is 10.6. The van der Waals surface area contributed by atoms with Gasteiger partial charge in [-0.1, -0.05) is 67.0 Å². The van der Waals surface area contributed by atoms with Gasteiger partial charge in [0.05, 0.1) is 6.42 Å². The Labute approximate surface area is 134 Å². The van der Waals surface area contributed by atoms with E-state index in [2.05, 4.69) is 45.9 Å². The van der Waals surface area contributed by atoms with E-state index in [0.29, 0.717) is 0 Å². The molecule has 0 unspecified atom stereocenters. The Morgan fingerprint density at radius 1 is 1.32 bits per heavy atom. The minimum absolute atomic E-state index is 0.0926. The van der Waals surface area contributed by atoms with Crippen LogP contribution < -0.4 is 0 Å². The SMILES string of the molecule is CC1=CCCC(C)(C)/C1=C/C=C(C)/C=C/C=C(\C)CC(=O)O. The molecule has 0 atom stereocenters. The molecule has 1 aliphatic carbocycles. The molecule has 1 N–H and O–H groups in total. The predicted octanol–water partition coefficient (Wildman–Crippen LogP) is 5.60. The van der Waals surface area contributed by atoms with Crippen LogP contribution >= 0.6 is 0 Å². The minimum atomic E-state index is -0.791. The van der Waals surface area contributed by atoms with Crippen molar-refractivity contribution in [3.8, 4) is 0 Å². The van der Waals surface area contributed by atoms with E-state index >= 15 is 0 Å². The van der Waals surface area contributed by atoms with Crippen molar-refractivity contribution < 1.29 is 9.90 Å². The first-order valence-corrected chi connectivity index (χ1v) is 7.84. The molecule has 0 amide bonds. The van der Waals surface area contributed by atoms with Crippen molar-refractivity contribution in [2.75, 3.05) is 0 Å². The largest absolute Gasteiger partial charge is 0.481 e. The van der Waals surface area contributed by atoms with E-state index in [1.54, 1.807) is 0 Å². The van der Waals surface area contributed by atoms with Gasteiger partial charge in [0, 0.05) is 0 Å². The molecule has 22 heavy (non-hydrogen) atoms. The number of carboxylic acids is 1. The van der Waals surface area contributed by atoms with Crippen molar-refractivity contribution in [2.45, 2.75) is 53.9 Å². The number of hydrogen-bond donors (Lipinski definition) is 1. The van der Waals surface area contributed by atoms with E-state index in [1.165, 1.54) is 17.6 Å². The molecular weight excluding hydrogens is 272 g/mol. The van der Waals surface area contributed by atoms with Gasteiger partial charge in [-0.15, -0.1) is 0 Å². The van der Waals surface area contributed by atoms with Gasteiger partial charge < -0.3 is 5.11 Å². The van der Waals surface area contributed by atoms with Gasteiger partial charge in [0.15, 0.2) is 0 Å². The summed E-state index contributed by atoms with van der Waals surface area (Å²) in [4.78, 5) is 10.6. The van der Waals surface area contributed by atoms with Gasteiger partial charge in [-0.05, 0) is 44.6 Å². The Balaban J connectivity index is 2.81. The molecule has 0 radical (unpaired) electrons. The highest BCUT2D eigenvalue weighted by atomic mass is 16.4. The van der Waals surface area contributed by atoms with Crippen molar-refractivity contribution in [3.63, 3.8) is 0 Å². The average Bonchev–Trinajstić information content (AvgIpc) is 2.36. The van der Waals surface area contributed by atoms with E-state index < -0.39 is 5.97 Å². The van der Waals surface area contributed by atoms with Gasteiger partial charge in [-0.25, -0.2) is 0 Å². The van der Waals surface area contributed by atoms with Crippen molar-refractivity contribution in [3.05, 3.63) is 58.7 Å². The van der Waals surface area contributed by atoms with Gasteiger partial charge in [0.25, 0.3) is 0 Å². The zero-order chi connectivity index (χ0) is 16.8. The highest BCUT2D eigenvalue weighted by Gasteiger charge is 2.26. The van der Waals surface area contributed by atoms with Gasteiger partial charge in [-0.2, -0.15) is 0 Å². The molecule has 1 aliphatic rings. The van der Waals surface area contributed by atoms with E-state index in [1.807, 2.05) is 25.2 Å². The molecule has 0 saturated carbocycles. The fourth-order valence-corrected chi connectivity index (χ4v) is 2.72. The van der Waals surface area contributed by atoms with Crippen LogP contribution in [0.4, 0.5) is 0 Å². The third kappa shape index (κ3) is 5.88. The lowest BCUT2D eigenvalue weighted by molar-refractivity contribution is -0.136. The second-order valence-corrected chi connectivity index (χ2v) is 6.74. The summed E-state index contributed by atoms with van der Waals surface area (Å²) in [5.41, 5.74) is 5.02. The lowest BCUT2D eigenvalue weighted by atomic mass is 9.73. The molecule has 0 aliphatic heterocycles. The molecule has 0 fully saturated rings. The molecular formula is C20H28O2. The Kier molecular flexibility index (Phi) is 6.61. The third-order valence-corrected chi connectivity index (χ3v) is 4.06. The summed E-state index contributed by atoms with van der Waals surface area (Å²) in [6, 6.07) is 0. The first kappa shape index (κ1) is 18.2. The van der Waals surface area contributed by atoms with Gasteiger partial charge in [0.1, 0.15) is 0 Å². The molecule has 0 bridgehead atoms. The van der Waals surface area contributed by atoms with Crippen LogP contribution in [0, 0.1) is 5.41 Å². The van der Waals surface area contributed by atoms with Crippen molar-refractivity contribution in [2.24, 2.45) is 5.41 Å². The molecule has 120 valence electrons. The predicted molar refractivity (Wildman–Crippen MR) is 93.8 cm³/mol. The van der Waals surface area contributed by atoms with Crippen LogP contribution in [-0.2, 0) is 4.79 Å². The monoisotopic (exact) mass is 300 g/mol. The molecule has 0 heterocycles. The molecule has 0 aromatic rings. The maximum Gasteiger partial charge on any atom is 0.307 e. The highest BCUT2D eigenvalue weighted by molar-refractivity contribution is 5.69. The normalized spacial score (nSPS) is 21.3. The summed E-state index contributed by atoms with van der Waals surface area (Å²) in [6.45, 7) is 10.7. The standard InChI is InChI=1S/C20H28O2/c1-15(8-6-9-16(2)14-19(21)22)11-12-18-17(3)10-7-13-20(18,4)5/h6,8-12H,7,13-14H2,1-5H3,(H,21,22)/b8-6+,15-11+,16-9+,18-12+. The van der Waals surface area contributed by atoms with Crippen LogP contribution in [0.1, 0.15) is 53.9 Å². The molecule has 0 aromatic heterocycles. The van der Waals surface area contributed by atoms with Crippen LogP contribution in [0.25, 0.3) is 0 Å². The van der Waals surface area contributed by atoms with E-state index in [-0.39, 0.29) is 11.8 Å². The van der Waals surface area contributed by atoms with Gasteiger partial charge in [0.2, 0.25) is 0 Å². The molecule has 0 aromatic carbocycles. The third-order valence-electron chi connectivity index (χ3n) is 4.06. The Hall–Kier alpha value is -1.83. The number of hydrogen-bond acceptors (Lipinski definition) is 1. The molecule has 1 rings (SSSR count). The summed E-state index contributed by atoms with van der Waals surface area (Å²) in [6.07, 6.45) is 14.9. The highest BCUT2D eigenvalue weighted by Crippen LogP contribution is 2.40. The van der Waals surface area contributed by atoms with E-state index in [9.17, 15) is 4.79 Å². The Bertz CT molecular complexity index is 567. The molecule has 2 nitrogen and oxygen atoms in total.